The van der Waals surface area contributed by atoms with E-state index in [1.54, 1.807) is 0 Å². The second kappa shape index (κ2) is 8.05. The van der Waals surface area contributed by atoms with Gasteiger partial charge in [-0.05, 0) is 43.8 Å². The van der Waals surface area contributed by atoms with Crippen molar-refractivity contribution in [3.8, 4) is 0 Å². The zero-order chi connectivity index (χ0) is 14.3. The molecule has 0 spiro atoms. The molecule has 0 aromatic heterocycles. The smallest absolute Gasteiger partial charge is 0.185 e. The van der Waals surface area contributed by atoms with Crippen LogP contribution >= 0.6 is 12.2 Å². The van der Waals surface area contributed by atoms with Gasteiger partial charge in [0.1, 0.15) is 5.66 Å². The Labute approximate surface area is 124 Å². The van der Waals surface area contributed by atoms with Gasteiger partial charge in [-0.3, -0.25) is 5.01 Å². The number of unbranched alkanes of at least 4 members (excludes halogenated alkanes) is 3. The van der Waals surface area contributed by atoms with Gasteiger partial charge in [0.05, 0.1) is 0 Å². The van der Waals surface area contributed by atoms with Crippen molar-refractivity contribution in [2.24, 2.45) is 5.92 Å². The van der Waals surface area contributed by atoms with Crippen LogP contribution in [0.25, 0.3) is 0 Å². The first kappa shape index (κ1) is 16.7. The molecule has 1 heterocycles. The van der Waals surface area contributed by atoms with Gasteiger partial charge in [0, 0.05) is 6.54 Å². The highest BCUT2D eigenvalue weighted by Crippen LogP contribution is 2.22. The number of hydrazine groups is 1. The first-order valence-corrected chi connectivity index (χ1v) is 8.31. The predicted octanol–water partition coefficient (Wildman–Crippen LogP) is 3.80. The predicted molar refractivity (Wildman–Crippen MR) is 86.8 cm³/mol. The van der Waals surface area contributed by atoms with Crippen LogP contribution in [0.2, 0.25) is 0 Å². The van der Waals surface area contributed by atoms with E-state index in [0.717, 1.165) is 24.5 Å². The first-order valence-electron chi connectivity index (χ1n) is 7.90. The fourth-order valence-electron chi connectivity index (χ4n) is 2.47. The Morgan fingerprint density at radius 3 is 2.53 bits per heavy atom. The van der Waals surface area contributed by atoms with Gasteiger partial charge >= 0.3 is 0 Å². The second-order valence-corrected chi connectivity index (χ2v) is 6.51. The van der Waals surface area contributed by atoms with Crippen molar-refractivity contribution in [2.75, 3.05) is 6.54 Å². The Hall–Kier alpha value is -0.350. The van der Waals surface area contributed by atoms with Gasteiger partial charge in [-0.15, -0.1) is 0 Å². The van der Waals surface area contributed by atoms with Gasteiger partial charge in [0.25, 0.3) is 0 Å². The summed E-state index contributed by atoms with van der Waals surface area (Å²) in [4.78, 5) is 0. The van der Waals surface area contributed by atoms with E-state index in [-0.39, 0.29) is 5.66 Å². The Morgan fingerprint density at radius 2 is 1.95 bits per heavy atom. The van der Waals surface area contributed by atoms with Gasteiger partial charge in [0.2, 0.25) is 0 Å². The van der Waals surface area contributed by atoms with Crippen molar-refractivity contribution in [3.05, 3.63) is 0 Å². The highest BCUT2D eigenvalue weighted by Gasteiger charge is 2.37. The van der Waals surface area contributed by atoms with Crippen molar-refractivity contribution < 1.29 is 0 Å². The van der Waals surface area contributed by atoms with Crippen LogP contribution in [0.4, 0.5) is 0 Å². The number of rotatable bonds is 9. The van der Waals surface area contributed by atoms with Crippen molar-refractivity contribution in [3.63, 3.8) is 0 Å². The summed E-state index contributed by atoms with van der Waals surface area (Å²) in [5.74, 6) is 0.714. The molecule has 112 valence electrons. The molecular formula is C15H31N3S. The van der Waals surface area contributed by atoms with E-state index in [0.29, 0.717) is 5.92 Å². The van der Waals surface area contributed by atoms with Gasteiger partial charge in [0.15, 0.2) is 5.11 Å². The topological polar surface area (TPSA) is 27.3 Å². The van der Waals surface area contributed by atoms with Crippen molar-refractivity contribution in [2.45, 2.75) is 78.3 Å². The molecule has 3 nitrogen and oxygen atoms in total. The zero-order valence-electron chi connectivity index (χ0n) is 13.1. The largest absolute Gasteiger partial charge is 0.342 e. The van der Waals surface area contributed by atoms with E-state index in [9.17, 15) is 0 Å². The molecule has 2 N–H and O–H groups in total. The van der Waals surface area contributed by atoms with Crippen LogP contribution in [0.1, 0.15) is 72.6 Å². The fraction of sp³-hybridized carbons (Fsp3) is 0.933. The molecule has 0 saturated carbocycles. The number of nitrogens with zero attached hydrogens (tertiary/aromatic N) is 1. The maximum absolute atomic E-state index is 5.46. The maximum Gasteiger partial charge on any atom is 0.185 e. The Bertz CT molecular complexity index is 281. The van der Waals surface area contributed by atoms with Crippen LogP contribution in [-0.2, 0) is 0 Å². The highest BCUT2D eigenvalue weighted by atomic mass is 32.1. The minimum Gasteiger partial charge on any atom is -0.342 e. The molecule has 4 heteroatoms. The van der Waals surface area contributed by atoms with E-state index < -0.39 is 0 Å². The lowest BCUT2D eigenvalue weighted by Gasteiger charge is -2.29. The molecule has 0 aromatic rings. The lowest BCUT2D eigenvalue weighted by atomic mass is 9.99. The number of hydrogen-bond donors (Lipinski definition) is 2. The molecule has 0 amide bonds. The summed E-state index contributed by atoms with van der Waals surface area (Å²) < 4.78 is 0. The SMILES string of the molecule is CCCCCC[C@@]1(CC)NC(=S)N(CCC(C)C)N1. The molecule has 0 unspecified atom stereocenters. The quantitative estimate of drug-likeness (QED) is 0.498. The molecule has 0 radical (unpaired) electrons. The third-order valence-corrected chi connectivity index (χ3v) is 4.25. The molecule has 0 bridgehead atoms. The van der Waals surface area contributed by atoms with Crippen LogP contribution in [0.5, 0.6) is 0 Å². The fourth-order valence-corrected chi connectivity index (χ4v) is 2.80. The van der Waals surface area contributed by atoms with Gasteiger partial charge in [-0.1, -0.05) is 47.0 Å². The monoisotopic (exact) mass is 285 g/mol. The third-order valence-electron chi connectivity index (χ3n) is 3.93. The van der Waals surface area contributed by atoms with E-state index in [1.807, 2.05) is 0 Å². The van der Waals surface area contributed by atoms with Crippen LogP contribution < -0.4 is 10.7 Å². The number of thiocarbonyl (C=S) groups is 1. The average Bonchev–Trinajstić information content (AvgIpc) is 2.70. The van der Waals surface area contributed by atoms with Gasteiger partial charge in [-0.25, -0.2) is 5.43 Å². The first-order chi connectivity index (χ1) is 9.03. The van der Waals surface area contributed by atoms with Crippen molar-refractivity contribution in [1.82, 2.24) is 15.8 Å². The maximum atomic E-state index is 5.46. The lowest BCUT2D eigenvalue weighted by Crippen LogP contribution is -2.50. The average molecular weight is 286 g/mol. The van der Waals surface area contributed by atoms with Gasteiger partial charge < -0.3 is 5.32 Å². The summed E-state index contributed by atoms with van der Waals surface area (Å²) in [6.07, 6.45) is 8.60. The Morgan fingerprint density at radius 1 is 1.21 bits per heavy atom. The summed E-state index contributed by atoms with van der Waals surface area (Å²) in [5.41, 5.74) is 3.62. The van der Waals surface area contributed by atoms with Crippen LogP contribution in [0.3, 0.4) is 0 Å². The normalized spacial score (nSPS) is 23.2. The molecule has 0 aromatic carbocycles. The molecule has 1 atom stereocenters. The van der Waals surface area contributed by atoms with Gasteiger partial charge in [-0.2, -0.15) is 0 Å². The van der Waals surface area contributed by atoms with Crippen molar-refractivity contribution >= 4 is 17.3 Å². The number of hydrogen-bond acceptors (Lipinski definition) is 2. The summed E-state index contributed by atoms with van der Waals surface area (Å²) in [6.45, 7) is 9.99. The van der Waals surface area contributed by atoms with E-state index >= 15 is 0 Å². The van der Waals surface area contributed by atoms with E-state index in [1.165, 1.54) is 32.1 Å². The number of nitrogens with one attached hydrogen (secondary N) is 2. The van der Waals surface area contributed by atoms with Crippen LogP contribution in [0.15, 0.2) is 0 Å². The van der Waals surface area contributed by atoms with Crippen molar-refractivity contribution in [1.29, 1.82) is 0 Å². The van der Waals surface area contributed by atoms with E-state index in [4.69, 9.17) is 12.2 Å². The third kappa shape index (κ3) is 5.27. The molecular weight excluding hydrogens is 254 g/mol. The molecule has 1 saturated heterocycles. The second-order valence-electron chi connectivity index (χ2n) is 6.12. The minimum atomic E-state index is 0.00179. The minimum absolute atomic E-state index is 0.00179. The Kier molecular flexibility index (Phi) is 7.08. The van der Waals surface area contributed by atoms with Crippen LogP contribution in [0, 0.1) is 5.92 Å². The lowest BCUT2D eigenvalue weighted by molar-refractivity contribution is 0.188. The van der Waals surface area contributed by atoms with E-state index in [2.05, 4.69) is 43.4 Å². The summed E-state index contributed by atoms with van der Waals surface area (Å²) in [5, 5.41) is 6.52. The summed E-state index contributed by atoms with van der Waals surface area (Å²) in [7, 11) is 0. The molecule has 0 aliphatic carbocycles. The molecule has 1 aliphatic rings. The zero-order valence-corrected chi connectivity index (χ0v) is 13.9. The molecule has 1 rings (SSSR count). The van der Waals surface area contributed by atoms with Crippen LogP contribution in [-0.4, -0.2) is 22.3 Å². The molecule has 1 fully saturated rings. The summed E-state index contributed by atoms with van der Waals surface area (Å²) >= 11 is 5.46. The standard InChI is InChI=1S/C15H31N3S/c1-5-7-8-9-11-15(6-2)16-14(19)18(17-15)12-10-13(3)4/h13,17H,5-12H2,1-4H3,(H,16,19)/t15-/m0/s1. The molecule has 1 aliphatic heterocycles. The molecule has 19 heavy (non-hydrogen) atoms. The summed E-state index contributed by atoms with van der Waals surface area (Å²) in [6, 6.07) is 0. The Balaban J connectivity index is 2.44. The highest BCUT2D eigenvalue weighted by molar-refractivity contribution is 7.80.